The zero-order valence-corrected chi connectivity index (χ0v) is 10.2. The highest BCUT2D eigenvalue weighted by Crippen LogP contribution is 2.01. The van der Waals surface area contributed by atoms with Crippen LogP contribution in [0.15, 0.2) is 17.2 Å². The van der Waals surface area contributed by atoms with Gasteiger partial charge in [0.15, 0.2) is 0 Å². The van der Waals surface area contributed by atoms with E-state index in [0.717, 1.165) is 19.6 Å². The molecule has 2 N–H and O–H groups in total. The largest absolute Gasteiger partial charge is 0.358 e. The van der Waals surface area contributed by atoms with Crippen LogP contribution in [0.5, 0.6) is 0 Å². The van der Waals surface area contributed by atoms with Gasteiger partial charge in [-0.05, 0) is 12.5 Å². The zero-order chi connectivity index (χ0) is 12.0. The van der Waals surface area contributed by atoms with Gasteiger partial charge in [0, 0.05) is 26.2 Å². The molecule has 0 amide bonds. The van der Waals surface area contributed by atoms with E-state index in [1.807, 2.05) is 11.9 Å². The van der Waals surface area contributed by atoms with Crippen LogP contribution in [0, 0.1) is 5.92 Å². The normalized spacial score (nSPS) is 10.8. The number of nitrogens with one attached hydrogen (secondary N) is 2. The molecule has 90 valence electrons. The molecule has 5 nitrogen and oxygen atoms in total. The van der Waals surface area contributed by atoms with Crippen LogP contribution >= 0.6 is 0 Å². The summed E-state index contributed by atoms with van der Waals surface area (Å²) in [6.07, 6.45) is 1.43. The van der Waals surface area contributed by atoms with Gasteiger partial charge in [-0.25, -0.2) is 4.98 Å². The lowest BCUT2D eigenvalue weighted by atomic mass is 10.2. The van der Waals surface area contributed by atoms with Gasteiger partial charge in [0.25, 0.3) is 5.56 Å². The lowest BCUT2D eigenvalue weighted by Crippen LogP contribution is -2.32. The topological polar surface area (TPSA) is 61.0 Å². The van der Waals surface area contributed by atoms with Gasteiger partial charge in [0.1, 0.15) is 5.82 Å². The Kier molecular flexibility index (Phi) is 4.98. The minimum atomic E-state index is -0.119. The molecule has 5 heteroatoms. The van der Waals surface area contributed by atoms with Crippen molar-refractivity contribution in [1.82, 2.24) is 15.3 Å². The molecule has 0 aliphatic rings. The van der Waals surface area contributed by atoms with E-state index in [-0.39, 0.29) is 5.56 Å². The number of aromatic amines is 1. The molecule has 0 saturated carbocycles. The maximum Gasteiger partial charge on any atom is 0.252 e. The van der Waals surface area contributed by atoms with E-state index in [4.69, 9.17) is 0 Å². The number of nitrogens with zero attached hydrogens (tertiary/aromatic N) is 2. The summed E-state index contributed by atoms with van der Waals surface area (Å²) >= 11 is 0. The van der Waals surface area contributed by atoms with Crippen molar-refractivity contribution < 1.29 is 0 Å². The molecule has 0 fully saturated rings. The van der Waals surface area contributed by atoms with Crippen LogP contribution in [0.4, 0.5) is 5.82 Å². The van der Waals surface area contributed by atoms with Crippen LogP contribution in [-0.4, -0.2) is 36.6 Å². The van der Waals surface area contributed by atoms with Gasteiger partial charge in [-0.3, -0.25) is 4.79 Å². The first kappa shape index (κ1) is 12.7. The summed E-state index contributed by atoms with van der Waals surface area (Å²) in [7, 11) is 1.93. The predicted octanol–water partition coefficient (Wildman–Crippen LogP) is 0.452. The van der Waals surface area contributed by atoms with E-state index in [0.29, 0.717) is 11.7 Å². The molecule has 0 spiro atoms. The first-order valence-corrected chi connectivity index (χ1v) is 5.56. The Balaban J connectivity index is 2.35. The molecule has 1 rings (SSSR count). The van der Waals surface area contributed by atoms with Gasteiger partial charge >= 0.3 is 0 Å². The van der Waals surface area contributed by atoms with Crippen molar-refractivity contribution in [3.8, 4) is 0 Å². The second-order valence-corrected chi connectivity index (χ2v) is 4.29. The van der Waals surface area contributed by atoms with Crippen molar-refractivity contribution in [1.29, 1.82) is 0 Å². The second-order valence-electron chi connectivity index (χ2n) is 4.29. The summed E-state index contributed by atoms with van der Waals surface area (Å²) in [4.78, 5) is 19.6. The number of anilines is 1. The van der Waals surface area contributed by atoms with Crippen molar-refractivity contribution in [3.05, 3.63) is 22.7 Å². The van der Waals surface area contributed by atoms with E-state index in [9.17, 15) is 4.79 Å². The summed E-state index contributed by atoms with van der Waals surface area (Å²) in [5.74, 6) is 1.36. The first-order chi connectivity index (χ1) is 7.59. The number of aromatic nitrogens is 2. The maximum atomic E-state index is 11.1. The quantitative estimate of drug-likeness (QED) is 0.689. The van der Waals surface area contributed by atoms with E-state index in [2.05, 4.69) is 29.1 Å². The zero-order valence-electron chi connectivity index (χ0n) is 10.2. The molecule has 1 aromatic heterocycles. The number of hydrogen-bond acceptors (Lipinski definition) is 4. The van der Waals surface area contributed by atoms with Gasteiger partial charge in [0.05, 0.1) is 6.33 Å². The molecule has 0 bridgehead atoms. The van der Waals surface area contributed by atoms with Crippen LogP contribution in [0.2, 0.25) is 0 Å². The van der Waals surface area contributed by atoms with Crippen LogP contribution < -0.4 is 15.8 Å². The molecule has 0 aromatic carbocycles. The molecule has 16 heavy (non-hydrogen) atoms. The van der Waals surface area contributed by atoms with Crippen molar-refractivity contribution in [2.24, 2.45) is 5.92 Å². The summed E-state index contributed by atoms with van der Waals surface area (Å²) < 4.78 is 0. The van der Waals surface area contributed by atoms with E-state index < -0.39 is 0 Å². The number of likely N-dealkylation sites (N-methyl/N-ethyl adjacent to an activating group) is 1. The maximum absolute atomic E-state index is 11.1. The average molecular weight is 224 g/mol. The predicted molar refractivity (Wildman–Crippen MR) is 65.8 cm³/mol. The van der Waals surface area contributed by atoms with E-state index in [1.54, 1.807) is 0 Å². The van der Waals surface area contributed by atoms with Gasteiger partial charge in [0.2, 0.25) is 0 Å². The van der Waals surface area contributed by atoms with Gasteiger partial charge in [-0.2, -0.15) is 0 Å². The molecule has 0 atom stereocenters. The smallest absolute Gasteiger partial charge is 0.252 e. The average Bonchev–Trinajstić information content (AvgIpc) is 2.24. The fourth-order valence-electron chi connectivity index (χ4n) is 1.32. The van der Waals surface area contributed by atoms with Crippen molar-refractivity contribution in [2.45, 2.75) is 13.8 Å². The molecule has 0 aliphatic carbocycles. The van der Waals surface area contributed by atoms with Crippen molar-refractivity contribution in [3.63, 3.8) is 0 Å². The summed E-state index contributed by atoms with van der Waals surface area (Å²) in [6.45, 7) is 7.09. The minimum Gasteiger partial charge on any atom is -0.358 e. The van der Waals surface area contributed by atoms with Crippen LogP contribution in [0.1, 0.15) is 13.8 Å². The third-order valence-corrected chi connectivity index (χ3v) is 2.23. The summed E-state index contributed by atoms with van der Waals surface area (Å²) in [5.41, 5.74) is -0.119. The number of hydrogen-bond donors (Lipinski definition) is 2. The fourth-order valence-corrected chi connectivity index (χ4v) is 1.32. The van der Waals surface area contributed by atoms with Crippen LogP contribution in [-0.2, 0) is 0 Å². The number of H-pyrrole nitrogens is 1. The van der Waals surface area contributed by atoms with Crippen molar-refractivity contribution >= 4 is 5.82 Å². The molecule has 0 saturated heterocycles. The lowest BCUT2D eigenvalue weighted by molar-refractivity contribution is 0.554. The first-order valence-electron chi connectivity index (χ1n) is 5.56. The summed E-state index contributed by atoms with van der Waals surface area (Å²) in [6, 6.07) is 1.50. The Morgan fingerprint density at radius 2 is 2.31 bits per heavy atom. The third-order valence-electron chi connectivity index (χ3n) is 2.23. The van der Waals surface area contributed by atoms with Gasteiger partial charge in [-0.1, -0.05) is 13.8 Å². The Hall–Kier alpha value is -1.36. The molecular formula is C11H20N4O. The molecule has 0 aliphatic heterocycles. The molecule has 0 unspecified atom stereocenters. The molecule has 0 radical (unpaired) electrons. The highest BCUT2D eigenvalue weighted by atomic mass is 16.1. The molecule has 1 heterocycles. The summed E-state index contributed by atoms with van der Waals surface area (Å²) in [5, 5.41) is 3.34. The standard InChI is InChI=1S/C11H20N4O/c1-9(2)7-12-4-5-15(3)10-6-11(16)14-8-13-10/h6,8-9,12H,4-5,7H2,1-3H3,(H,13,14,16). The van der Waals surface area contributed by atoms with Crippen LogP contribution in [0.3, 0.4) is 0 Å². The highest BCUT2D eigenvalue weighted by molar-refractivity contribution is 5.34. The monoisotopic (exact) mass is 224 g/mol. The SMILES string of the molecule is CC(C)CNCCN(C)c1cc(=O)[nH]cn1. The molecule has 1 aromatic rings. The minimum absolute atomic E-state index is 0.119. The Labute approximate surface area is 95.9 Å². The van der Waals surface area contributed by atoms with E-state index >= 15 is 0 Å². The second kappa shape index (κ2) is 6.27. The Morgan fingerprint density at radius 3 is 2.94 bits per heavy atom. The van der Waals surface area contributed by atoms with Gasteiger partial charge < -0.3 is 15.2 Å². The van der Waals surface area contributed by atoms with Crippen molar-refractivity contribution in [2.75, 3.05) is 31.6 Å². The highest BCUT2D eigenvalue weighted by Gasteiger charge is 2.02. The third kappa shape index (κ3) is 4.44. The number of rotatable bonds is 6. The van der Waals surface area contributed by atoms with Crippen LogP contribution in [0.25, 0.3) is 0 Å². The Bertz CT molecular complexity index is 361. The van der Waals surface area contributed by atoms with E-state index in [1.165, 1.54) is 12.4 Å². The molecular weight excluding hydrogens is 204 g/mol. The fraction of sp³-hybridized carbons (Fsp3) is 0.636. The lowest BCUT2D eigenvalue weighted by Gasteiger charge is -2.18. The Morgan fingerprint density at radius 1 is 1.56 bits per heavy atom. The van der Waals surface area contributed by atoms with Gasteiger partial charge in [-0.15, -0.1) is 0 Å².